The predicted octanol–water partition coefficient (Wildman–Crippen LogP) is 3.36. The molecule has 0 fully saturated rings. The van der Waals surface area contributed by atoms with Gasteiger partial charge in [0.2, 0.25) is 0 Å². The van der Waals surface area contributed by atoms with Crippen LogP contribution in [-0.4, -0.2) is 26.8 Å². The van der Waals surface area contributed by atoms with Crippen LogP contribution in [0.25, 0.3) is 21.8 Å². The van der Waals surface area contributed by atoms with Crippen LogP contribution in [-0.2, 0) is 11.2 Å². The SMILES string of the molecule is O=C(O)[C@H](Cc1c[nH]c2ccccc12)Nn1[13cH]cc2ccccc21. The molecule has 4 rings (SSSR count). The Hall–Kier alpha value is -3.21. The number of hydrogen-bond donors (Lipinski definition) is 3. The lowest BCUT2D eigenvalue weighted by Gasteiger charge is -2.17. The first-order valence-corrected chi connectivity index (χ1v) is 7.83. The zero-order valence-electron chi connectivity index (χ0n) is 12.9. The van der Waals surface area contributed by atoms with Crippen LogP contribution in [0.3, 0.4) is 0 Å². The molecular formula is C19H17N3O2. The highest BCUT2D eigenvalue weighted by atomic mass is 16.4. The molecule has 0 saturated heterocycles. The minimum Gasteiger partial charge on any atom is -0.480 e. The summed E-state index contributed by atoms with van der Waals surface area (Å²) >= 11 is 0. The molecule has 0 aliphatic rings. The third-order valence-electron chi connectivity index (χ3n) is 4.29. The van der Waals surface area contributed by atoms with E-state index >= 15 is 0 Å². The Bertz CT molecular complexity index is 939. The van der Waals surface area contributed by atoms with Crippen LogP contribution in [0, 0.1) is 0 Å². The van der Waals surface area contributed by atoms with Gasteiger partial charge in [-0.1, -0.05) is 36.4 Å². The fourth-order valence-corrected chi connectivity index (χ4v) is 3.07. The van der Waals surface area contributed by atoms with E-state index in [1.165, 1.54) is 0 Å². The monoisotopic (exact) mass is 320 g/mol. The molecule has 0 bridgehead atoms. The van der Waals surface area contributed by atoms with Crippen molar-refractivity contribution < 1.29 is 9.90 Å². The molecule has 4 aromatic rings. The second-order valence-electron chi connectivity index (χ2n) is 5.83. The number of carboxylic acid groups (broad SMARTS) is 1. The highest BCUT2D eigenvalue weighted by molar-refractivity contribution is 5.85. The van der Waals surface area contributed by atoms with E-state index in [0.717, 1.165) is 27.4 Å². The maximum atomic E-state index is 11.7. The summed E-state index contributed by atoms with van der Waals surface area (Å²) in [6.07, 6.45) is 4.14. The van der Waals surface area contributed by atoms with Gasteiger partial charge in [0, 0.05) is 35.1 Å². The molecular weight excluding hydrogens is 303 g/mol. The lowest BCUT2D eigenvalue weighted by molar-refractivity contribution is -0.138. The van der Waals surface area contributed by atoms with Gasteiger partial charge in [0.05, 0.1) is 5.52 Å². The average molecular weight is 320 g/mol. The van der Waals surface area contributed by atoms with Crippen molar-refractivity contribution in [3.8, 4) is 0 Å². The van der Waals surface area contributed by atoms with E-state index in [9.17, 15) is 9.90 Å². The molecule has 0 amide bonds. The minimum absolute atomic E-state index is 0.395. The fourth-order valence-electron chi connectivity index (χ4n) is 3.07. The van der Waals surface area contributed by atoms with Gasteiger partial charge in [-0.2, -0.15) is 0 Å². The number of aliphatic carboxylic acids is 1. The van der Waals surface area contributed by atoms with Gasteiger partial charge in [-0.3, -0.25) is 4.68 Å². The average Bonchev–Trinajstić information content (AvgIpc) is 3.19. The van der Waals surface area contributed by atoms with Crippen molar-refractivity contribution in [2.24, 2.45) is 0 Å². The maximum absolute atomic E-state index is 11.7. The molecule has 3 N–H and O–H groups in total. The van der Waals surface area contributed by atoms with Crippen LogP contribution in [0.2, 0.25) is 0 Å². The smallest absolute Gasteiger partial charge is 0.328 e. The van der Waals surface area contributed by atoms with Gasteiger partial charge in [-0.05, 0) is 23.8 Å². The number of H-pyrrole nitrogens is 1. The molecule has 0 aliphatic carbocycles. The Kier molecular flexibility index (Phi) is 3.46. The summed E-state index contributed by atoms with van der Waals surface area (Å²) in [6.45, 7) is 0. The Morgan fingerprint density at radius 1 is 1.12 bits per heavy atom. The van der Waals surface area contributed by atoms with E-state index in [4.69, 9.17) is 0 Å². The normalized spacial score (nSPS) is 12.5. The highest BCUT2D eigenvalue weighted by Gasteiger charge is 2.20. The molecule has 2 aromatic carbocycles. The number of carboxylic acids is 1. The lowest BCUT2D eigenvalue weighted by Crippen LogP contribution is -2.36. The molecule has 2 aromatic heterocycles. The van der Waals surface area contributed by atoms with Gasteiger partial charge in [-0.15, -0.1) is 0 Å². The third-order valence-corrected chi connectivity index (χ3v) is 4.29. The summed E-state index contributed by atoms with van der Waals surface area (Å²) in [5.41, 5.74) is 6.07. The standard InChI is InChI=1S/C19H17N3O2/c23-19(24)17(11-14-12-20-16-7-3-2-6-15(14)16)21-22-10-9-13-5-1-4-8-18(13)22/h1-10,12,17,20-21H,11H2,(H,23,24)/t17-/m0/s1/i10+1. The molecule has 0 unspecified atom stereocenters. The second-order valence-corrected chi connectivity index (χ2v) is 5.83. The van der Waals surface area contributed by atoms with Gasteiger partial charge in [-0.25, -0.2) is 4.79 Å². The Morgan fingerprint density at radius 2 is 1.92 bits per heavy atom. The molecule has 2 heterocycles. The highest BCUT2D eigenvalue weighted by Crippen LogP contribution is 2.20. The number of nitrogens with zero attached hydrogens (tertiary/aromatic N) is 1. The van der Waals surface area contributed by atoms with Crippen molar-refractivity contribution in [1.82, 2.24) is 9.66 Å². The largest absolute Gasteiger partial charge is 0.480 e. The second kappa shape index (κ2) is 5.77. The van der Waals surface area contributed by atoms with E-state index in [-0.39, 0.29) is 0 Å². The van der Waals surface area contributed by atoms with Crippen molar-refractivity contribution in [3.05, 3.63) is 72.6 Å². The molecule has 5 nitrogen and oxygen atoms in total. The van der Waals surface area contributed by atoms with E-state index in [2.05, 4.69) is 10.4 Å². The van der Waals surface area contributed by atoms with Crippen molar-refractivity contribution in [1.29, 1.82) is 0 Å². The number of aromatic nitrogens is 2. The maximum Gasteiger partial charge on any atom is 0.328 e. The van der Waals surface area contributed by atoms with Gasteiger partial charge in [0.15, 0.2) is 0 Å². The first-order chi connectivity index (χ1) is 11.7. The first kappa shape index (κ1) is 14.4. The number of benzene rings is 2. The zero-order valence-corrected chi connectivity index (χ0v) is 12.9. The molecule has 0 spiro atoms. The Morgan fingerprint density at radius 3 is 2.79 bits per heavy atom. The summed E-state index contributed by atoms with van der Waals surface area (Å²) < 4.78 is 1.78. The molecule has 0 saturated carbocycles. The van der Waals surface area contributed by atoms with Gasteiger partial charge >= 0.3 is 5.97 Å². The van der Waals surface area contributed by atoms with Crippen LogP contribution in [0.5, 0.6) is 0 Å². The summed E-state index contributed by atoms with van der Waals surface area (Å²) in [6, 6.07) is 17.0. The van der Waals surface area contributed by atoms with Crippen molar-refractivity contribution in [2.75, 3.05) is 5.43 Å². The molecule has 1 atom stereocenters. The summed E-state index contributed by atoms with van der Waals surface area (Å²) in [5.74, 6) is -0.877. The summed E-state index contributed by atoms with van der Waals surface area (Å²) in [7, 11) is 0. The summed E-state index contributed by atoms with van der Waals surface area (Å²) in [5, 5.41) is 11.8. The van der Waals surface area contributed by atoms with E-state index in [0.29, 0.717) is 6.42 Å². The lowest BCUT2D eigenvalue weighted by atomic mass is 10.1. The fraction of sp³-hybridized carbons (Fsp3) is 0.105. The molecule has 0 radical (unpaired) electrons. The molecule has 0 aliphatic heterocycles. The Labute approximate surface area is 138 Å². The van der Waals surface area contributed by atoms with Gasteiger partial charge < -0.3 is 15.5 Å². The number of rotatable bonds is 5. The van der Waals surface area contributed by atoms with Crippen LogP contribution >= 0.6 is 0 Å². The van der Waals surface area contributed by atoms with Crippen LogP contribution < -0.4 is 5.43 Å². The van der Waals surface area contributed by atoms with Crippen LogP contribution in [0.1, 0.15) is 5.56 Å². The van der Waals surface area contributed by atoms with E-state index in [1.807, 2.05) is 67.0 Å². The Balaban J connectivity index is 1.64. The van der Waals surface area contributed by atoms with Crippen molar-refractivity contribution in [3.63, 3.8) is 0 Å². The first-order valence-electron chi connectivity index (χ1n) is 7.83. The van der Waals surface area contributed by atoms with Crippen molar-refractivity contribution in [2.45, 2.75) is 12.5 Å². The van der Waals surface area contributed by atoms with Crippen LogP contribution in [0.15, 0.2) is 67.0 Å². The summed E-state index contributed by atoms with van der Waals surface area (Å²) in [4.78, 5) is 14.9. The third kappa shape index (κ3) is 2.50. The molecule has 120 valence electrons. The van der Waals surface area contributed by atoms with Gasteiger partial charge in [0.25, 0.3) is 0 Å². The van der Waals surface area contributed by atoms with Crippen molar-refractivity contribution >= 4 is 27.8 Å². The van der Waals surface area contributed by atoms with E-state index < -0.39 is 12.0 Å². The zero-order chi connectivity index (χ0) is 16.5. The number of nitrogens with one attached hydrogen (secondary N) is 2. The molecule has 5 heteroatoms. The number of aromatic amines is 1. The van der Waals surface area contributed by atoms with Gasteiger partial charge in [0.1, 0.15) is 6.04 Å². The number of hydrogen-bond acceptors (Lipinski definition) is 2. The quantitative estimate of drug-likeness (QED) is 0.528. The molecule has 24 heavy (non-hydrogen) atoms. The minimum atomic E-state index is -0.877. The van der Waals surface area contributed by atoms with Crippen LogP contribution in [0.4, 0.5) is 0 Å². The number of carbonyl (C=O) groups is 1. The number of para-hydroxylation sites is 2. The number of fused-ring (bicyclic) bond motifs is 2. The van der Waals surface area contributed by atoms with E-state index in [1.54, 1.807) is 4.68 Å². The topological polar surface area (TPSA) is 70.0 Å². The predicted molar refractivity (Wildman–Crippen MR) is 94.7 cm³/mol.